The van der Waals surface area contributed by atoms with Crippen LogP contribution >= 0.6 is 0 Å². The van der Waals surface area contributed by atoms with Gasteiger partial charge in [0.25, 0.3) is 0 Å². The molecule has 18 heavy (non-hydrogen) atoms. The van der Waals surface area contributed by atoms with E-state index < -0.39 is 14.9 Å². The van der Waals surface area contributed by atoms with Gasteiger partial charge in [-0.15, -0.1) is 0 Å². The fourth-order valence-electron chi connectivity index (χ4n) is 1.86. The zero-order valence-electron chi connectivity index (χ0n) is 11.7. The average molecular weight is 276 g/mol. The quantitative estimate of drug-likeness (QED) is 0.450. The first kappa shape index (κ1) is 15.8. The van der Waals surface area contributed by atoms with Gasteiger partial charge in [-0.25, -0.2) is 0 Å². The molecule has 0 amide bonds. The maximum absolute atomic E-state index is 11.9. The van der Waals surface area contributed by atoms with Crippen LogP contribution in [0.15, 0.2) is 0 Å². The van der Waals surface area contributed by atoms with Gasteiger partial charge in [0.05, 0.1) is 6.61 Å². The Morgan fingerprint density at radius 3 is 2.28 bits per heavy atom. The highest BCUT2D eigenvalue weighted by molar-refractivity contribution is 6.60. The fourth-order valence-corrected chi connectivity index (χ4v) is 4.63. The molecule has 5 nitrogen and oxygen atoms in total. The number of carbonyl (C=O) groups excluding carboxylic acids is 1. The largest absolute Gasteiger partial charge is 0.501 e. The van der Waals surface area contributed by atoms with Gasteiger partial charge in [-0.05, 0) is 20.8 Å². The normalized spacial score (nSPS) is 20.8. The van der Waals surface area contributed by atoms with Crippen LogP contribution in [0.25, 0.3) is 0 Å². The number of Topliss-reactive ketones (excluding diaryl/α,β-unsaturated/α-hetero) is 1. The summed E-state index contributed by atoms with van der Waals surface area (Å²) in [5, 5.41) is 0. The number of epoxide rings is 1. The Bertz CT molecular complexity index is 250. The standard InChI is InChI=1S/C12H24O5Si/c1-5-8-18(15-6-2,16-7-3)17-10(4)12(13)11-9-14-11/h10-11H,5-9H2,1-4H3. The first-order valence-electron chi connectivity index (χ1n) is 6.69. The molecule has 0 spiro atoms. The molecule has 2 atom stereocenters. The summed E-state index contributed by atoms with van der Waals surface area (Å²) in [7, 11) is -2.72. The van der Waals surface area contributed by atoms with Crippen LogP contribution in [0, 0.1) is 0 Å². The summed E-state index contributed by atoms with van der Waals surface area (Å²) >= 11 is 0. The predicted octanol–water partition coefficient (Wildman–Crippen LogP) is 1.78. The molecule has 1 heterocycles. The van der Waals surface area contributed by atoms with E-state index in [-0.39, 0.29) is 11.9 Å². The molecule has 1 aliphatic heterocycles. The second-order valence-corrected chi connectivity index (χ2v) is 6.96. The molecule has 1 rings (SSSR count). The number of ketones is 1. The highest BCUT2D eigenvalue weighted by Crippen LogP contribution is 2.22. The summed E-state index contributed by atoms with van der Waals surface area (Å²) in [6.07, 6.45) is 0.109. The minimum absolute atomic E-state index is 0.0117. The third-order valence-corrected chi connectivity index (χ3v) is 5.97. The summed E-state index contributed by atoms with van der Waals surface area (Å²) < 4.78 is 22.3. The lowest BCUT2D eigenvalue weighted by atomic mass is 10.2. The lowest BCUT2D eigenvalue weighted by Gasteiger charge is -2.30. The Hall–Kier alpha value is -0.273. The van der Waals surface area contributed by atoms with Gasteiger partial charge in [-0.2, -0.15) is 0 Å². The number of carbonyl (C=O) groups is 1. The Morgan fingerprint density at radius 1 is 1.33 bits per heavy atom. The maximum Gasteiger partial charge on any atom is 0.501 e. The van der Waals surface area contributed by atoms with Gasteiger partial charge in [0.1, 0.15) is 12.2 Å². The Balaban J connectivity index is 2.64. The Morgan fingerprint density at radius 2 is 1.89 bits per heavy atom. The molecule has 1 fully saturated rings. The van der Waals surface area contributed by atoms with Crippen molar-refractivity contribution in [2.75, 3.05) is 19.8 Å². The van der Waals surface area contributed by atoms with Gasteiger partial charge in [0.15, 0.2) is 5.78 Å². The molecule has 0 aromatic heterocycles. The SMILES string of the molecule is CCC[Si](OCC)(OCC)OC(C)C(=O)C1CO1. The highest BCUT2D eigenvalue weighted by atomic mass is 28.4. The molecular formula is C12H24O5Si. The third kappa shape index (κ3) is 4.44. The molecule has 0 aliphatic carbocycles. The molecule has 0 aromatic rings. The molecule has 106 valence electrons. The molecule has 6 heteroatoms. The number of hydrogen-bond acceptors (Lipinski definition) is 5. The van der Waals surface area contributed by atoms with E-state index in [2.05, 4.69) is 6.92 Å². The minimum atomic E-state index is -2.72. The van der Waals surface area contributed by atoms with E-state index in [0.29, 0.717) is 19.8 Å². The number of ether oxygens (including phenoxy) is 1. The lowest BCUT2D eigenvalue weighted by molar-refractivity contribution is -0.128. The van der Waals surface area contributed by atoms with Crippen LogP contribution in [0.3, 0.4) is 0 Å². The Kier molecular flexibility index (Phi) is 6.44. The van der Waals surface area contributed by atoms with Crippen molar-refractivity contribution in [1.82, 2.24) is 0 Å². The van der Waals surface area contributed by atoms with Gasteiger partial charge in [0.2, 0.25) is 0 Å². The topological polar surface area (TPSA) is 57.3 Å². The van der Waals surface area contributed by atoms with Crippen molar-refractivity contribution >= 4 is 14.6 Å². The van der Waals surface area contributed by atoms with E-state index in [1.54, 1.807) is 6.92 Å². The highest BCUT2D eigenvalue weighted by Gasteiger charge is 2.45. The van der Waals surface area contributed by atoms with Crippen molar-refractivity contribution in [3.63, 3.8) is 0 Å². The average Bonchev–Trinajstić information content (AvgIpc) is 3.12. The van der Waals surface area contributed by atoms with E-state index in [1.807, 2.05) is 13.8 Å². The van der Waals surface area contributed by atoms with Crippen LogP contribution in [-0.2, 0) is 22.8 Å². The zero-order chi connectivity index (χ0) is 13.6. The van der Waals surface area contributed by atoms with Crippen molar-refractivity contribution in [2.45, 2.75) is 52.4 Å². The molecular weight excluding hydrogens is 252 g/mol. The zero-order valence-corrected chi connectivity index (χ0v) is 12.7. The summed E-state index contributed by atoms with van der Waals surface area (Å²) in [6.45, 7) is 9.21. The van der Waals surface area contributed by atoms with Crippen LogP contribution in [0.4, 0.5) is 0 Å². The van der Waals surface area contributed by atoms with Gasteiger partial charge in [-0.3, -0.25) is 4.79 Å². The fraction of sp³-hybridized carbons (Fsp3) is 0.917. The van der Waals surface area contributed by atoms with Crippen molar-refractivity contribution < 1.29 is 22.8 Å². The van der Waals surface area contributed by atoms with Crippen LogP contribution in [0.5, 0.6) is 0 Å². The summed E-state index contributed by atoms with van der Waals surface area (Å²) in [5.41, 5.74) is 0. The van der Waals surface area contributed by atoms with E-state index in [4.69, 9.17) is 18.0 Å². The van der Waals surface area contributed by atoms with E-state index >= 15 is 0 Å². The van der Waals surface area contributed by atoms with Gasteiger partial charge >= 0.3 is 8.80 Å². The van der Waals surface area contributed by atoms with Crippen LogP contribution in [-0.4, -0.2) is 46.6 Å². The minimum Gasteiger partial charge on any atom is -0.374 e. The van der Waals surface area contributed by atoms with E-state index in [9.17, 15) is 4.79 Å². The van der Waals surface area contributed by atoms with Crippen LogP contribution < -0.4 is 0 Å². The third-order valence-electron chi connectivity index (χ3n) is 2.69. The van der Waals surface area contributed by atoms with Gasteiger partial charge in [-0.1, -0.05) is 13.3 Å². The number of rotatable bonds is 10. The monoisotopic (exact) mass is 276 g/mol. The second-order valence-electron chi connectivity index (χ2n) is 4.28. The first-order chi connectivity index (χ1) is 8.58. The molecule has 1 saturated heterocycles. The van der Waals surface area contributed by atoms with E-state index in [1.165, 1.54) is 0 Å². The molecule has 1 aliphatic rings. The van der Waals surface area contributed by atoms with Gasteiger partial charge < -0.3 is 18.0 Å². The van der Waals surface area contributed by atoms with Crippen molar-refractivity contribution in [3.05, 3.63) is 0 Å². The van der Waals surface area contributed by atoms with Crippen molar-refractivity contribution in [2.24, 2.45) is 0 Å². The van der Waals surface area contributed by atoms with Crippen molar-refractivity contribution in [1.29, 1.82) is 0 Å². The molecule has 0 N–H and O–H groups in total. The molecule has 2 unspecified atom stereocenters. The van der Waals surface area contributed by atoms with Gasteiger partial charge in [0, 0.05) is 19.3 Å². The summed E-state index contributed by atoms with van der Waals surface area (Å²) in [4.78, 5) is 11.9. The molecule has 0 aromatic carbocycles. The molecule has 0 bridgehead atoms. The first-order valence-corrected chi connectivity index (χ1v) is 8.62. The van der Waals surface area contributed by atoms with Crippen LogP contribution in [0.2, 0.25) is 6.04 Å². The summed E-state index contributed by atoms with van der Waals surface area (Å²) in [5.74, 6) is -0.0117. The van der Waals surface area contributed by atoms with Crippen molar-refractivity contribution in [3.8, 4) is 0 Å². The van der Waals surface area contributed by atoms with Crippen LogP contribution in [0.1, 0.15) is 34.1 Å². The summed E-state index contributed by atoms with van der Waals surface area (Å²) in [6, 6.07) is 0.734. The lowest BCUT2D eigenvalue weighted by Crippen LogP contribution is -2.50. The molecule has 0 radical (unpaired) electrons. The smallest absolute Gasteiger partial charge is 0.374 e. The number of hydrogen-bond donors (Lipinski definition) is 0. The molecule has 0 saturated carbocycles. The maximum atomic E-state index is 11.9. The predicted molar refractivity (Wildman–Crippen MR) is 69.4 cm³/mol. The van der Waals surface area contributed by atoms with E-state index in [0.717, 1.165) is 12.5 Å². The Labute approximate surface area is 110 Å². The second kappa shape index (κ2) is 7.35.